The predicted molar refractivity (Wildman–Crippen MR) is 87.1 cm³/mol. The number of carbonyl (C=O) groups excluding carboxylic acids is 2. The number of carbonyl (C=O) groups is 2. The normalized spacial score (nSPS) is 10.7. The number of nitrogens with two attached hydrogens (primary N) is 1. The molecule has 0 aliphatic heterocycles. The van der Waals surface area contributed by atoms with E-state index in [0.29, 0.717) is 39.6 Å². The molecule has 0 saturated heterocycles. The number of primary amides is 1. The van der Waals surface area contributed by atoms with E-state index in [4.69, 9.17) is 19.9 Å². The SMILES string of the molecule is CNCCCOCCOCCOCCCNC(=O)CCC(N)=O. The smallest absolute Gasteiger partial charge is 0.220 e. The summed E-state index contributed by atoms with van der Waals surface area (Å²) in [4.78, 5) is 21.8. The van der Waals surface area contributed by atoms with Gasteiger partial charge in [-0.2, -0.15) is 0 Å². The van der Waals surface area contributed by atoms with Gasteiger partial charge >= 0.3 is 0 Å². The highest BCUT2D eigenvalue weighted by Crippen LogP contribution is 1.88. The van der Waals surface area contributed by atoms with Gasteiger partial charge in [0.15, 0.2) is 0 Å². The van der Waals surface area contributed by atoms with Gasteiger partial charge in [0.05, 0.1) is 26.4 Å². The first kappa shape index (κ1) is 21.8. The number of amides is 2. The second-order valence-electron chi connectivity index (χ2n) is 4.96. The second-order valence-corrected chi connectivity index (χ2v) is 4.96. The van der Waals surface area contributed by atoms with Crippen LogP contribution in [-0.4, -0.2) is 71.6 Å². The number of nitrogens with one attached hydrogen (secondary N) is 2. The van der Waals surface area contributed by atoms with Crippen LogP contribution in [-0.2, 0) is 23.8 Å². The molecule has 0 bridgehead atoms. The molecule has 8 nitrogen and oxygen atoms in total. The molecule has 0 rings (SSSR count). The molecule has 0 fully saturated rings. The zero-order valence-electron chi connectivity index (χ0n) is 14.1. The molecule has 0 atom stereocenters. The van der Waals surface area contributed by atoms with Crippen LogP contribution in [0, 0.1) is 0 Å². The molecular weight excluding hydrogens is 302 g/mol. The number of rotatable bonds is 17. The van der Waals surface area contributed by atoms with Gasteiger partial charge in [0.2, 0.25) is 11.8 Å². The lowest BCUT2D eigenvalue weighted by Crippen LogP contribution is -2.26. The maximum Gasteiger partial charge on any atom is 0.220 e. The fraction of sp³-hybridized carbons (Fsp3) is 0.867. The first-order valence-corrected chi connectivity index (χ1v) is 8.09. The largest absolute Gasteiger partial charge is 0.379 e. The Hall–Kier alpha value is -1.22. The summed E-state index contributed by atoms with van der Waals surface area (Å²) in [5.74, 6) is -0.631. The van der Waals surface area contributed by atoms with Crippen molar-refractivity contribution in [1.29, 1.82) is 0 Å². The van der Waals surface area contributed by atoms with Crippen LogP contribution in [0.5, 0.6) is 0 Å². The Labute approximate surface area is 138 Å². The Morgan fingerprint density at radius 2 is 1.35 bits per heavy atom. The molecule has 23 heavy (non-hydrogen) atoms. The van der Waals surface area contributed by atoms with Crippen molar-refractivity contribution < 1.29 is 23.8 Å². The number of ether oxygens (including phenoxy) is 3. The highest BCUT2D eigenvalue weighted by molar-refractivity contribution is 5.82. The molecule has 0 aliphatic rings. The van der Waals surface area contributed by atoms with Crippen molar-refractivity contribution in [2.24, 2.45) is 5.73 Å². The average Bonchev–Trinajstić information content (AvgIpc) is 2.53. The molecule has 136 valence electrons. The highest BCUT2D eigenvalue weighted by atomic mass is 16.5. The Bertz CT molecular complexity index is 303. The van der Waals surface area contributed by atoms with Gasteiger partial charge in [-0.15, -0.1) is 0 Å². The summed E-state index contributed by atoms with van der Waals surface area (Å²) in [6, 6.07) is 0. The summed E-state index contributed by atoms with van der Waals surface area (Å²) in [5.41, 5.74) is 4.96. The Morgan fingerprint density at radius 3 is 1.87 bits per heavy atom. The zero-order valence-corrected chi connectivity index (χ0v) is 14.1. The molecular formula is C15H31N3O5. The van der Waals surface area contributed by atoms with Gasteiger partial charge in [-0.1, -0.05) is 0 Å². The molecule has 0 saturated carbocycles. The van der Waals surface area contributed by atoms with E-state index in [1.807, 2.05) is 7.05 Å². The molecule has 2 amide bonds. The van der Waals surface area contributed by atoms with E-state index in [1.54, 1.807) is 0 Å². The summed E-state index contributed by atoms with van der Waals surface area (Å²) in [6.45, 7) is 5.01. The molecule has 0 aliphatic carbocycles. The van der Waals surface area contributed by atoms with Crippen molar-refractivity contribution in [2.45, 2.75) is 25.7 Å². The molecule has 0 spiro atoms. The maximum absolute atomic E-state index is 11.3. The standard InChI is InChI=1S/C15H31N3O5/c1-17-6-2-8-21-10-12-23-13-11-22-9-3-7-18-15(20)5-4-14(16)19/h17H,2-13H2,1H3,(H2,16,19)(H,18,20). The van der Waals surface area contributed by atoms with E-state index < -0.39 is 5.91 Å². The van der Waals surface area contributed by atoms with E-state index in [2.05, 4.69) is 10.6 Å². The van der Waals surface area contributed by atoms with E-state index >= 15 is 0 Å². The summed E-state index contributed by atoms with van der Waals surface area (Å²) in [7, 11) is 1.92. The van der Waals surface area contributed by atoms with Gasteiger partial charge in [0.25, 0.3) is 0 Å². The third kappa shape index (κ3) is 18.7. The molecule has 0 radical (unpaired) electrons. The van der Waals surface area contributed by atoms with Gasteiger partial charge in [-0.3, -0.25) is 9.59 Å². The number of hydrogen-bond acceptors (Lipinski definition) is 6. The van der Waals surface area contributed by atoms with Gasteiger partial charge < -0.3 is 30.6 Å². The van der Waals surface area contributed by atoms with E-state index in [9.17, 15) is 9.59 Å². The minimum absolute atomic E-state index is 0.0822. The first-order valence-electron chi connectivity index (χ1n) is 8.09. The Kier molecular flexibility index (Phi) is 16.2. The lowest BCUT2D eigenvalue weighted by atomic mass is 10.3. The van der Waals surface area contributed by atoms with Crippen LogP contribution in [0.1, 0.15) is 25.7 Å². The van der Waals surface area contributed by atoms with Gasteiger partial charge in [0.1, 0.15) is 0 Å². The molecule has 0 aromatic carbocycles. The van der Waals surface area contributed by atoms with Crippen LogP contribution in [0.4, 0.5) is 0 Å². The molecule has 0 unspecified atom stereocenters. The summed E-state index contributed by atoms with van der Waals surface area (Å²) < 4.78 is 16.1. The van der Waals surface area contributed by atoms with Crippen molar-refractivity contribution in [3.63, 3.8) is 0 Å². The second kappa shape index (κ2) is 17.1. The molecule has 8 heteroatoms. The van der Waals surface area contributed by atoms with Crippen LogP contribution in [0.15, 0.2) is 0 Å². The van der Waals surface area contributed by atoms with E-state index in [-0.39, 0.29) is 18.7 Å². The van der Waals surface area contributed by atoms with Crippen LogP contribution in [0.25, 0.3) is 0 Å². The van der Waals surface area contributed by atoms with Crippen molar-refractivity contribution in [2.75, 3.05) is 59.8 Å². The highest BCUT2D eigenvalue weighted by Gasteiger charge is 2.02. The minimum atomic E-state index is -0.466. The van der Waals surface area contributed by atoms with Gasteiger partial charge in [0, 0.05) is 32.6 Å². The van der Waals surface area contributed by atoms with E-state index in [1.165, 1.54) is 0 Å². The molecule has 4 N–H and O–H groups in total. The maximum atomic E-state index is 11.3. The van der Waals surface area contributed by atoms with Crippen LogP contribution in [0.2, 0.25) is 0 Å². The molecule has 0 aromatic rings. The van der Waals surface area contributed by atoms with E-state index in [0.717, 1.165) is 26.0 Å². The first-order chi connectivity index (χ1) is 11.2. The third-order valence-corrected chi connectivity index (χ3v) is 2.85. The van der Waals surface area contributed by atoms with Crippen molar-refractivity contribution in [1.82, 2.24) is 10.6 Å². The third-order valence-electron chi connectivity index (χ3n) is 2.85. The van der Waals surface area contributed by atoms with Crippen LogP contribution in [0.3, 0.4) is 0 Å². The van der Waals surface area contributed by atoms with Crippen LogP contribution < -0.4 is 16.4 Å². The predicted octanol–water partition coefficient (Wildman–Crippen LogP) is -0.582. The van der Waals surface area contributed by atoms with Gasteiger partial charge in [-0.25, -0.2) is 0 Å². The minimum Gasteiger partial charge on any atom is -0.379 e. The van der Waals surface area contributed by atoms with Crippen LogP contribution >= 0.6 is 0 Å². The fourth-order valence-corrected chi connectivity index (χ4v) is 1.62. The lowest BCUT2D eigenvalue weighted by Gasteiger charge is -2.07. The molecule has 0 heterocycles. The average molecular weight is 333 g/mol. The van der Waals surface area contributed by atoms with Crippen molar-refractivity contribution >= 4 is 11.8 Å². The van der Waals surface area contributed by atoms with Crippen molar-refractivity contribution in [3.8, 4) is 0 Å². The Morgan fingerprint density at radius 1 is 0.826 bits per heavy atom. The fourth-order valence-electron chi connectivity index (χ4n) is 1.62. The topological polar surface area (TPSA) is 112 Å². The monoisotopic (exact) mass is 333 g/mol. The lowest BCUT2D eigenvalue weighted by molar-refractivity contribution is -0.125. The van der Waals surface area contributed by atoms with Crippen molar-refractivity contribution in [3.05, 3.63) is 0 Å². The quantitative estimate of drug-likeness (QED) is 0.307. The Balaban J connectivity index is 3.10. The zero-order chi connectivity index (χ0) is 17.2. The summed E-state index contributed by atoms with van der Waals surface area (Å²) in [6.07, 6.45) is 1.94. The molecule has 0 aromatic heterocycles. The van der Waals surface area contributed by atoms with Gasteiger partial charge in [-0.05, 0) is 26.4 Å². The summed E-state index contributed by atoms with van der Waals surface area (Å²) >= 11 is 0. The summed E-state index contributed by atoms with van der Waals surface area (Å²) in [5, 5.41) is 5.75. The number of hydrogen-bond donors (Lipinski definition) is 3.